The van der Waals surface area contributed by atoms with Crippen molar-refractivity contribution in [2.24, 2.45) is 0 Å². The minimum absolute atomic E-state index is 0.152. The highest BCUT2D eigenvalue weighted by Gasteiger charge is 2.28. The van der Waals surface area contributed by atoms with Crippen LogP contribution >= 0.6 is 10.7 Å². The highest BCUT2D eigenvalue weighted by molar-refractivity contribution is 8.13. The molecule has 0 bridgehead atoms. The molecule has 0 radical (unpaired) electrons. The molecule has 0 spiro atoms. The third kappa shape index (κ3) is 4.67. The van der Waals surface area contributed by atoms with Crippen LogP contribution in [0.5, 0.6) is 0 Å². The summed E-state index contributed by atoms with van der Waals surface area (Å²) in [4.78, 5) is 11.8. The fourth-order valence-corrected chi connectivity index (χ4v) is 3.06. The lowest BCUT2D eigenvalue weighted by molar-refractivity contribution is 0.0284. The molecule has 8 nitrogen and oxygen atoms in total. The number of amides is 1. The Morgan fingerprint density at radius 2 is 2.14 bits per heavy atom. The van der Waals surface area contributed by atoms with E-state index in [9.17, 15) is 13.2 Å². The fraction of sp³-hybridized carbons (Fsp3) is 0.636. The lowest BCUT2D eigenvalue weighted by atomic mass is 10.3. The van der Waals surface area contributed by atoms with Crippen LogP contribution in [0.4, 0.5) is 0 Å². The summed E-state index contributed by atoms with van der Waals surface area (Å²) in [5, 5.41) is 8.77. The summed E-state index contributed by atoms with van der Waals surface area (Å²) in [7, 11) is 4.28. The number of methoxy groups -OCH3 is 2. The Morgan fingerprint density at radius 1 is 1.48 bits per heavy atom. The zero-order valence-electron chi connectivity index (χ0n) is 12.0. The Balaban J connectivity index is 2.91. The molecule has 0 saturated heterocycles. The standard InChI is InChI=1S/C11H18ClN3O5S/c1-4-8-10(21(12,17)18)9(15-14-8)11(16)13-5-7(20-3)6-19-2/h7H,4-6H2,1-3H3,(H,13,16)(H,14,15). The molecule has 0 saturated carbocycles. The first-order chi connectivity index (χ1) is 9.85. The quantitative estimate of drug-likeness (QED) is 0.659. The molecule has 0 aromatic carbocycles. The summed E-state index contributed by atoms with van der Waals surface area (Å²) in [6.45, 7) is 2.16. The van der Waals surface area contributed by atoms with E-state index in [-0.39, 0.29) is 35.5 Å². The van der Waals surface area contributed by atoms with Crippen LogP contribution in [0.1, 0.15) is 23.1 Å². The van der Waals surface area contributed by atoms with E-state index >= 15 is 0 Å². The summed E-state index contributed by atoms with van der Waals surface area (Å²) in [5.41, 5.74) is 0.0319. The number of aryl methyl sites for hydroxylation is 1. The zero-order valence-corrected chi connectivity index (χ0v) is 13.5. The van der Waals surface area contributed by atoms with E-state index in [1.54, 1.807) is 6.92 Å². The van der Waals surface area contributed by atoms with Crippen molar-refractivity contribution in [3.8, 4) is 0 Å². The number of ether oxygens (including phenoxy) is 2. The molecule has 120 valence electrons. The predicted octanol–water partition coefficient (Wildman–Crippen LogP) is 0.291. The molecular formula is C11H18ClN3O5S. The van der Waals surface area contributed by atoms with Crippen molar-refractivity contribution >= 4 is 25.6 Å². The Bertz CT molecular complexity index is 587. The molecule has 0 aliphatic carbocycles. The predicted molar refractivity (Wildman–Crippen MR) is 76.0 cm³/mol. The summed E-state index contributed by atoms with van der Waals surface area (Å²) in [6.07, 6.45) is 0.00551. The highest BCUT2D eigenvalue weighted by atomic mass is 35.7. The van der Waals surface area contributed by atoms with Crippen molar-refractivity contribution in [2.75, 3.05) is 27.4 Å². The topological polar surface area (TPSA) is 110 Å². The monoisotopic (exact) mass is 339 g/mol. The van der Waals surface area contributed by atoms with E-state index < -0.39 is 15.0 Å². The van der Waals surface area contributed by atoms with E-state index in [1.807, 2.05) is 0 Å². The number of H-pyrrole nitrogens is 1. The summed E-state index contributed by atoms with van der Waals surface area (Å²) in [6, 6.07) is 0. The number of nitrogens with zero attached hydrogens (tertiary/aromatic N) is 1. The summed E-state index contributed by atoms with van der Waals surface area (Å²) < 4.78 is 33.2. The summed E-state index contributed by atoms with van der Waals surface area (Å²) in [5.74, 6) is -0.650. The van der Waals surface area contributed by atoms with Crippen LogP contribution in [-0.2, 0) is 24.9 Å². The number of nitrogens with one attached hydrogen (secondary N) is 2. The fourth-order valence-electron chi connectivity index (χ4n) is 1.71. The van der Waals surface area contributed by atoms with E-state index in [0.717, 1.165) is 0 Å². The normalized spacial score (nSPS) is 13.1. The molecule has 1 aromatic heterocycles. The van der Waals surface area contributed by atoms with Gasteiger partial charge in [0.15, 0.2) is 5.69 Å². The van der Waals surface area contributed by atoms with Gasteiger partial charge in [-0.2, -0.15) is 5.10 Å². The van der Waals surface area contributed by atoms with Gasteiger partial charge in [0, 0.05) is 31.4 Å². The number of rotatable bonds is 8. The van der Waals surface area contributed by atoms with Crippen molar-refractivity contribution in [1.82, 2.24) is 15.5 Å². The lowest BCUT2D eigenvalue weighted by Gasteiger charge is -2.14. The van der Waals surface area contributed by atoms with Gasteiger partial charge in [-0.05, 0) is 6.42 Å². The van der Waals surface area contributed by atoms with Crippen LogP contribution in [-0.4, -0.2) is 58.0 Å². The molecule has 0 aliphatic heterocycles. The van der Waals surface area contributed by atoms with Crippen molar-refractivity contribution in [3.63, 3.8) is 0 Å². The Kier molecular flexibility index (Phi) is 6.59. The maximum Gasteiger partial charge on any atom is 0.273 e. The van der Waals surface area contributed by atoms with Crippen LogP contribution < -0.4 is 5.32 Å². The largest absolute Gasteiger partial charge is 0.382 e. The van der Waals surface area contributed by atoms with E-state index in [0.29, 0.717) is 6.42 Å². The van der Waals surface area contributed by atoms with Gasteiger partial charge < -0.3 is 14.8 Å². The van der Waals surface area contributed by atoms with Gasteiger partial charge in [-0.3, -0.25) is 9.89 Å². The first-order valence-corrected chi connectivity index (χ1v) is 8.47. The first-order valence-electron chi connectivity index (χ1n) is 6.16. The Hall–Kier alpha value is -1.16. The average molecular weight is 340 g/mol. The molecule has 21 heavy (non-hydrogen) atoms. The van der Waals surface area contributed by atoms with Gasteiger partial charge >= 0.3 is 0 Å². The lowest BCUT2D eigenvalue weighted by Crippen LogP contribution is -2.36. The molecule has 1 rings (SSSR count). The molecule has 0 fully saturated rings. The van der Waals surface area contributed by atoms with Gasteiger partial charge in [0.2, 0.25) is 0 Å². The maximum atomic E-state index is 12.1. The van der Waals surface area contributed by atoms with Crippen molar-refractivity contribution < 1.29 is 22.7 Å². The van der Waals surface area contributed by atoms with Gasteiger partial charge in [-0.25, -0.2) is 8.42 Å². The van der Waals surface area contributed by atoms with Crippen molar-refractivity contribution in [3.05, 3.63) is 11.4 Å². The number of aromatic amines is 1. The number of carbonyl (C=O) groups excluding carboxylic acids is 1. The first kappa shape index (κ1) is 17.9. The highest BCUT2D eigenvalue weighted by Crippen LogP contribution is 2.22. The molecule has 1 atom stereocenters. The van der Waals surface area contributed by atoms with Gasteiger partial charge in [0.1, 0.15) is 4.90 Å². The van der Waals surface area contributed by atoms with Gasteiger partial charge in [0.05, 0.1) is 18.4 Å². The van der Waals surface area contributed by atoms with Gasteiger partial charge in [-0.15, -0.1) is 0 Å². The molecule has 1 unspecified atom stereocenters. The van der Waals surface area contributed by atoms with Crippen molar-refractivity contribution in [1.29, 1.82) is 0 Å². The smallest absolute Gasteiger partial charge is 0.273 e. The van der Waals surface area contributed by atoms with Crippen LogP contribution in [0.2, 0.25) is 0 Å². The Labute approximate surface area is 127 Å². The number of hydrogen-bond acceptors (Lipinski definition) is 6. The minimum atomic E-state index is -4.07. The van der Waals surface area contributed by atoms with E-state index in [1.165, 1.54) is 14.2 Å². The SMILES string of the molecule is CCc1[nH]nc(C(=O)NCC(COC)OC)c1S(=O)(=O)Cl. The zero-order chi connectivity index (χ0) is 16.0. The van der Waals surface area contributed by atoms with E-state index in [2.05, 4.69) is 15.5 Å². The van der Waals surface area contributed by atoms with Crippen LogP contribution in [0, 0.1) is 0 Å². The van der Waals surface area contributed by atoms with Crippen LogP contribution in [0.3, 0.4) is 0 Å². The molecule has 1 heterocycles. The number of aromatic nitrogens is 2. The van der Waals surface area contributed by atoms with Crippen LogP contribution in [0.15, 0.2) is 4.90 Å². The maximum absolute atomic E-state index is 12.1. The van der Waals surface area contributed by atoms with Crippen molar-refractivity contribution in [2.45, 2.75) is 24.3 Å². The average Bonchev–Trinajstić information content (AvgIpc) is 2.87. The molecule has 0 aliphatic rings. The Morgan fingerprint density at radius 3 is 2.62 bits per heavy atom. The van der Waals surface area contributed by atoms with Crippen LogP contribution in [0.25, 0.3) is 0 Å². The van der Waals surface area contributed by atoms with Gasteiger partial charge in [-0.1, -0.05) is 6.92 Å². The second kappa shape index (κ2) is 7.74. The number of carbonyl (C=O) groups is 1. The molecule has 1 amide bonds. The minimum Gasteiger partial charge on any atom is -0.382 e. The number of halogens is 1. The second-order valence-electron chi connectivity index (χ2n) is 4.19. The van der Waals surface area contributed by atoms with E-state index in [4.69, 9.17) is 20.2 Å². The number of hydrogen-bond donors (Lipinski definition) is 2. The third-order valence-corrected chi connectivity index (χ3v) is 4.17. The molecular weight excluding hydrogens is 322 g/mol. The van der Waals surface area contributed by atoms with Gasteiger partial charge in [0.25, 0.3) is 15.0 Å². The summed E-state index contributed by atoms with van der Waals surface area (Å²) >= 11 is 0. The molecule has 2 N–H and O–H groups in total. The molecule has 10 heteroatoms. The second-order valence-corrected chi connectivity index (χ2v) is 6.70. The third-order valence-electron chi connectivity index (χ3n) is 2.78. The molecule has 1 aromatic rings.